The second-order valence-corrected chi connectivity index (χ2v) is 4.67. The zero-order valence-electron chi connectivity index (χ0n) is 11.6. The number of terminal acetylenes is 1. The van der Waals surface area contributed by atoms with Crippen molar-refractivity contribution in [3.05, 3.63) is 78.4 Å². The maximum atomic E-state index is 5.53. The summed E-state index contributed by atoms with van der Waals surface area (Å²) in [5.41, 5.74) is 3.71. The Balaban J connectivity index is 2.29. The van der Waals surface area contributed by atoms with Crippen LogP contribution in [-0.4, -0.2) is 6.54 Å². The minimum Gasteiger partial charge on any atom is -0.356 e. The molecule has 0 spiro atoms. The van der Waals surface area contributed by atoms with Gasteiger partial charge in [0.25, 0.3) is 0 Å². The maximum absolute atomic E-state index is 5.53. The Morgan fingerprint density at radius 1 is 1.05 bits per heavy atom. The predicted octanol–water partition coefficient (Wildman–Crippen LogP) is 4.05. The van der Waals surface area contributed by atoms with Crippen LogP contribution in [0.25, 0.3) is 0 Å². The molecule has 0 N–H and O–H groups in total. The lowest BCUT2D eigenvalue weighted by atomic mass is 10.1. The molecule has 2 aromatic carbocycles. The van der Waals surface area contributed by atoms with E-state index in [0.29, 0.717) is 6.54 Å². The molecule has 2 aromatic rings. The molecule has 0 atom stereocenters. The van der Waals surface area contributed by atoms with E-state index in [0.717, 1.165) is 13.0 Å². The fourth-order valence-corrected chi connectivity index (χ4v) is 2.29. The molecule has 0 bridgehead atoms. The van der Waals surface area contributed by atoms with Crippen LogP contribution in [0.3, 0.4) is 0 Å². The summed E-state index contributed by atoms with van der Waals surface area (Å²) in [5, 5.41) is 0. The molecule has 0 fully saturated rings. The third-order valence-electron chi connectivity index (χ3n) is 3.19. The molecule has 0 saturated carbocycles. The first kappa shape index (κ1) is 14.0. The van der Waals surface area contributed by atoms with Crippen molar-refractivity contribution >= 4 is 5.69 Å². The molecule has 20 heavy (non-hydrogen) atoms. The number of rotatable bonds is 6. The highest BCUT2D eigenvalue weighted by atomic mass is 15.1. The van der Waals surface area contributed by atoms with Crippen LogP contribution in [0.5, 0.6) is 0 Å². The summed E-state index contributed by atoms with van der Waals surface area (Å²) in [5.74, 6) is 2.76. The van der Waals surface area contributed by atoms with Gasteiger partial charge in [0.2, 0.25) is 0 Å². The fraction of sp³-hybridized carbons (Fsp3) is 0.158. The summed E-state index contributed by atoms with van der Waals surface area (Å²) < 4.78 is 0. The molecule has 0 aliphatic carbocycles. The van der Waals surface area contributed by atoms with Gasteiger partial charge >= 0.3 is 0 Å². The summed E-state index contributed by atoms with van der Waals surface area (Å²) in [6, 6.07) is 18.7. The monoisotopic (exact) mass is 261 g/mol. The predicted molar refractivity (Wildman–Crippen MR) is 86.7 cm³/mol. The molecule has 0 aliphatic rings. The van der Waals surface area contributed by atoms with Crippen molar-refractivity contribution in [1.82, 2.24) is 0 Å². The fourth-order valence-electron chi connectivity index (χ4n) is 2.29. The summed E-state index contributed by atoms with van der Waals surface area (Å²) in [6.07, 6.45) is 8.31. The van der Waals surface area contributed by atoms with E-state index >= 15 is 0 Å². The lowest BCUT2D eigenvalue weighted by molar-refractivity contribution is 0.870. The molecule has 0 radical (unpaired) electrons. The molecule has 0 aromatic heterocycles. The molecule has 0 heterocycles. The van der Waals surface area contributed by atoms with E-state index in [1.54, 1.807) is 0 Å². The van der Waals surface area contributed by atoms with Crippen molar-refractivity contribution in [3.8, 4) is 12.3 Å². The van der Waals surface area contributed by atoms with Crippen LogP contribution < -0.4 is 4.90 Å². The molecule has 0 amide bonds. The van der Waals surface area contributed by atoms with Gasteiger partial charge in [0, 0.05) is 12.2 Å². The van der Waals surface area contributed by atoms with E-state index < -0.39 is 0 Å². The number of allylic oxidation sites excluding steroid dienone is 1. The molecule has 0 aliphatic heterocycles. The summed E-state index contributed by atoms with van der Waals surface area (Å²) in [7, 11) is 0. The molecule has 2 rings (SSSR count). The Kier molecular flexibility index (Phi) is 5.03. The van der Waals surface area contributed by atoms with E-state index in [4.69, 9.17) is 6.42 Å². The van der Waals surface area contributed by atoms with Crippen molar-refractivity contribution < 1.29 is 0 Å². The molecule has 1 nitrogen and oxygen atoms in total. The second-order valence-electron chi connectivity index (χ2n) is 4.67. The average Bonchev–Trinajstić information content (AvgIpc) is 2.49. The van der Waals surface area contributed by atoms with Gasteiger partial charge in [0.15, 0.2) is 0 Å². The molecular weight excluding hydrogens is 242 g/mol. The van der Waals surface area contributed by atoms with Gasteiger partial charge in [0.05, 0.1) is 6.54 Å². The van der Waals surface area contributed by atoms with E-state index in [9.17, 15) is 0 Å². The number of benzene rings is 2. The number of para-hydroxylation sites is 1. The highest BCUT2D eigenvalue weighted by Gasteiger charge is 2.09. The Labute approximate surface area is 121 Å². The van der Waals surface area contributed by atoms with Crippen molar-refractivity contribution in [2.75, 3.05) is 11.4 Å². The second kappa shape index (κ2) is 7.21. The van der Waals surface area contributed by atoms with E-state index in [1.165, 1.54) is 16.8 Å². The maximum Gasteiger partial charge on any atom is 0.0795 e. The summed E-state index contributed by atoms with van der Waals surface area (Å²) in [6.45, 7) is 5.25. The summed E-state index contributed by atoms with van der Waals surface area (Å²) >= 11 is 0. The highest BCUT2D eigenvalue weighted by molar-refractivity contribution is 5.55. The standard InChI is InChI=1S/C19H19N/c1-3-10-18-13-8-9-14-19(18)20(15-4-2)16-17-11-6-5-7-12-17/h2-3,5-9,11-14H,1,10,15-16H2. The zero-order valence-corrected chi connectivity index (χ0v) is 11.6. The molecule has 1 heteroatoms. The van der Waals surface area contributed by atoms with Crippen LogP contribution in [0.1, 0.15) is 11.1 Å². The summed E-state index contributed by atoms with van der Waals surface area (Å²) in [4.78, 5) is 2.23. The first-order chi connectivity index (χ1) is 9.85. The van der Waals surface area contributed by atoms with Crippen molar-refractivity contribution in [1.29, 1.82) is 0 Å². The van der Waals surface area contributed by atoms with Crippen LogP contribution in [0.4, 0.5) is 5.69 Å². The highest BCUT2D eigenvalue weighted by Crippen LogP contribution is 2.23. The number of hydrogen-bond donors (Lipinski definition) is 0. The first-order valence-corrected chi connectivity index (χ1v) is 6.76. The van der Waals surface area contributed by atoms with E-state index in [-0.39, 0.29) is 0 Å². The van der Waals surface area contributed by atoms with Gasteiger partial charge in [-0.05, 0) is 23.6 Å². The quantitative estimate of drug-likeness (QED) is 0.560. The van der Waals surface area contributed by atoms with Crippen molar-refractivity contribution in [2.45, 2.75) is 13.0 Å². The average molecular weight is 261 g/mol. The number of nitrogens with zero attached hydrogens (tertiary/aromatic N) is 1. The smallest absolute Gasteiger partial charge is 0.0795 e. The van der Waals surface area contributed by atoms with Gasteiger partial charge < -0.3 is 4.90 Å². The topological polar surface area (TPSA) is 3.24 Å². The Morgan fingerprint density at radius 3 is 2.45 bits per heavy atom. The lowest BCUT2D eigenvalue weighted by Crippen LogP contribution is -2.24. The lowest BCUT2D eigenvalue weighted by Gasteiger charge is -2.25. The number of anilines is 1. The molecule has 0 saturated heterocycles. The van der Waals surface area contributed by atoms with E-state index in [1.807, 2.05) is 12.1 Å². The van der Waals surface area contributed by atoms with Crippen LogP contribution in [0, 0.1) is 12.3 Å². The molecule has 100 valence electrons. The van der Waals surface area contributed by atoms with Crippen molar-refractivity contribution in [3.63, 3.8) is 0 Å². The van der Waals surface area contributed by atoms with E-state index in [2.05, 4.69) is 65.9 Å². The van der Waals surface area contributed by atoms with Gasteiger partial charge in [0.1, 0.15) is 0 Å². The third kappa shape index (κ3) is 3.52. The number of hydrogen-bond acceptors (Lipinski definition) is 1. The van der Waals surface area contributed by atoms with Gasteiger partial charge in [-0.1, -0.05) is 60.5 Å². The van der Waals surface area contributed by atoms with Gasteiger partial charge in [-0.15, -0.1) is 13.0 Å². The Hall–Kier alpha value is -2.46. The normalized spacial score (nSPS) is 9.75. The van der Waals surface area contributed by atoms with Crippen LogP contribution in [0.15, 0.2) is 67.3 Å². The largest absolute Gasteiger partial charge is 0.356 e. The Bertz CT molecular complexity index is 593. The van der Waals surface area contributed by atoms with Crippen LogP contribution >= 0.6 is 0 Å². The minimum absolute atomic E-state index is 0.600. The molecular formula is C19H19N. The van der Waals surface area contributed by atoms with Gasteiger partial charge in [-0.2, -0.15) is 0 Å². The Morgan fingerprint density at radius 2 is 1.75 bits per heavy atom. The third-order valence-corrected chi connectivity index (χ3v) is 3.19. The van der Waals surface area contributed by atoms with Gasteiger partial charge in [-0.25, -0.2) is 0 Å². The van der Waals surface area contributed by atoms with Crippen LogP contribution in [-0.2, 0) is 13.0 Å². The molecule has 0 unspecified atom stereocenters. The zero-order chi connectivity index (χ0) is 14.2. The van der Waals surface area contributed by atoms with Crippen molar-refractivity contribution in [2.24, 2.45) is 0 Å². The van der Waals surface area contributed by atoms with Crippen LogP contribution in [0.2, 0.25) is 0 Å². The SMILES string of the molecule is C#CCN(Cc1ccccc1)c1ccccc1CC=C. The van der Waals surface area contributed by atoms with Gasteiger partial charge in [-0.3, -0.25) is 0 Å². The first-order valence-electron chi connectivity index (χ1n) is 6.76. The minimum atomic E-state index is 0.600.